The molecule has 0 radical (unpaired) electrons. The summed E-state index contributed by atoms with van der Waals surface area (Å²) in [5.41, 5.74) is 7.78. The van der Waals surface area contributed by atoms with Crippen molar-refractivity contribution in [2.24, 2.45) is 0 Å². The normalized spacial score (nSPS) is 10.5. The van der Waals surface area contributed by atoms with E-state index < -0.39 is 17.8 Å². The van der Waals surface area contributed by atoms with Crippen LogP contribution < -0.4 is 10.9 Å². The van der Waals surface area contributed by atoms with Crippen LogP contribution in [0.1, 0.15) is 43.7 Å². The lowest BCUT2D eigenvalue weighted by atomic mass is 10.2. The smallest absolute Gasteiger partial charge is 0.341 e. The molecule has 4 rings (SSSR count). The average molecular weight is 460 g/mol. The molecule has 2 heterocycles. The largest absolute Gasteiger partial charge is 0.462 e. The second-order valence-corrected chi connectivity index (χ2v) is 7.03. The first-order valence-corrected chi connectivity index (χ1v) is 10.2. The number of nitrogens with one attached hydrogen (secondary N) is 2. The second kappa shape index (κ2) is 9.73. The Hall–Kier alpha value is -4.87. The van der Waals surface area contributed by atoms with Gasteiger partial charge in [-0.25, -0.2) is 14.2 Å². The van der Waals surface area contributed by atoms with E-state index in [-0.39, 0.29) is 6.61 Å². The fourth-order valence-corrected chi connectivity index (χ4v) is 3.14. The number of tetrazole rings is 1. The van der Waals surface area contributed by atoms with Crippen LogP contribution in [0, 0.1) is 6.92 Å². The van der Waals surface area contributed by atoms with Crippen LogP contribution in [0.5, 0.6) is 0 Å². The summed E-state index contributed by atoms with van der Waals surface area (Å²) < 4.78 is 8.05. The molecule has 0 unspecified atom stereocenters. The highest BCUT2D eigenvalue weighted by atomic mass is 16.5. The standard InChI is InChI=1S/C22H20N8O4/c1-3-34-22(33)19-12-24-30(14(19)2)18-10-6-16(7-11-18)21(32)26-25-20(31)15-4-8-17(9-5-15)29-13-23-27-28-29/h4-13H,3H2,1-2H3,(H,25,31)(H,26,32). The molecule has 0 spiro atoms. The number of aromatic nitrogens is 6. The van der Waals surface area contributed by atoms with Gasteiger partial charge in [-0.05, 0) is 72.8 Å². The fourth-order valence-electron chi connectivity index (χ4n) is 3.14. The van der Waals surface area contributed by atoms with Crippen molar-refractivity contribution in [1.29, 1.82) is 0 Å². The second-order valence-electron chi connectivity index (χ2n) is 7.03. The van der Waals surface area contributed by atoms with Crippen molar-refractivity contribution >= 4 is 17.8 Å². The summed E-state index contributed by atoms with van der Waals surface area (Å²) >= 11 is 0. The first kappa shape index (κ1) is 22.3. The Kier molecular flexibility index (Phi) is 6.39. The molecule has 2 amide bonds. The van der Waals surface area contributed by atoms with Gasteiger partial charge in [-0.3, -0.25) is 20.4 Å². The number of benzene rings is 2. The highest BCUT2D eigenvalue weighted by Gasteiger charge is 2.16. The first-order valence-electron chi connectivity index (χ1n) is 10.2. The van der Waals surface area contributed by atoms with Gasteiger partial charge in [0.25, 0.3) is 11.8 Å². The molecule has 4 aromatic rings. The summed E-state index contributed by atoms with van der Waals surface area (Å²) in [7, 11) is 0. The van der Waals surface area contributed by atoms with E-state index in [1.54, 1.807) is 67.1 Å². The highest BCUT2D eigenvalue weighted by molar-refractivity contribution is 5.99. The molecule has 0 aliphatic heterocycles. The lowest BCUT2D eigenvalue weighted by Gasteiger charge is -2.09. The number of esters is 1. The van der Waals surface area contributed by atoms with Crippen LogP contribution in [0.2, 0.25) is 0 Å². The third kappa shape index (κ3) is 4.65. The predicted octanol–water partition coefficient (Wildman–Crippen LogP) is 1.41. The van der Waals surface area contributed by atoms with Crippen molar-refractivity contribution in [3.63, 3.8) is 0 Å². The Balaban J connectivity index is 1.37. The zero-order chi connectivity index (χ0) is 24.1. The molecule has 2 aromatic carbocycles. The molecule has 2 aromatic heterocycles. The number of carbonyl (C=O) groups is 3. The topological polar surface area (TPSA) is 146 Å². The Morgan fingerprint density at radius 2 is 1.50 bits per heavy atom. The minimum atomic E-state index is -0.491. The van der Waals surface area contributed by atoms with Crippen LogP contribution >= 0.6 is 0 Å². The van der Waals surface area contributed by atoms with E-state index >= 15 is 0 Å². The van der Waals surface area contributed by atoms with Crippen molar-refractivity contribution in [3.05, 3.63) is 83.4 Å². The molecule has 0 fully saturated rings. The number of carbonyl (C=O) groups excluding carboxylic acids is 3. The van der Waals surface area contributed by atoms with Crippen LogP contribution in [0.3, 0.4) is 0 Å². The van der Waals surface area contributed by atoms with E-state index in [0.29, 0.717) is 33.8 Å². The molecule has 0 saturated heterocycles. The third-order valence-corrected chi connectivity index (χ3v) is 4.91. The summed E-state index contributed by atoms with van der Waals surface area (Å²) in [6.07, 6.45) is 2.88. The minimum absolute atomic E-state index is 0.274. The summed E-state index contributed by atoms with van der Waals surface area (Å²) in [5, 5.41) is 15.1. The summed E-state index contributed by atoms with van der Waals surface area (Å²) in [4.78, 5) is 36.8. The zero-order valence-corrected chi connectivity index (χ0v) is 18.3. The van der Waals surface area contributed by atoms with Gasteiger partial charge < -0.3 is 4.74 Å². The van der Waals surface area contributed by atoms with Gasteiger partial charge in [-0.1, -0.05) is 0 Å². The Morgan fingerprint density at radius 1 is 0.912 bits per heavy atom. The van der Waals surface area contributed by atoms with Crippen LogP contribution in [0.4, 0.5) is 0 Å². The summed E-state index contributed by atoms with van der Waals surface area (Å²) in [6.45, 7) is 3.76. The SMILES string of the molecule is CCOC(=O)c1cnn(-c2ccc(C(=O)NNC(=O)c3ccc(-n4cnnn4)cc3)cc2)c1C. The molecular weight excluding hydrogens is 440 g/mol. The van der Waals surface area contributed by atoms with Gasteiger partial charge in [0, 0.05) is 11.1 Å². The van der Waals surface area contributed by atoms with Crippen LogP contribution in [0.25, 0.3) is 11.4 Å². The predicted molar refractivity (Wildman–Crippen MR) is 118 cm³/mol. The number of rotatable bonds is 6. The van der Waals surface area contributed by atoms with Gasteiger partial charge in [-0.2, -0.15) is 5.10 Å². The average Bonchev–Trinajstić information content (AvgIpc) is 3.53. The lowest BCUT2D eigenvalue weighted by Crippen LogP contribution is -2.41. The van der Waals surface area contributed by atoms with Gasteiger partial charge in [0.1, 0.15) is 11.9 Å². The highest BCUT2D eigenvalue weighted by Crippen LogP contribution is 2.16. The molecule has 34 heavy (non-hydrogen) atoms. The minimum Gasteiger partial charge on any atom is -0.462 e. The number of nitrogens with zero attached hydrogens (tertiary/aromatic N) is 6. The molecule has 12 heteroatoms. The van der Waals surface area contributed by atoms with Gasteiger partial charge in [0.05, 0.1) is 29.9 Å². The molecule has 0 saturated carbocycles. The van der Waals surface area contributed by atoms with Crippen molar-refractivity contribution < 1.29 is 19.1 Å². The Labute approximate surface area is 193 Å². The van der Waals surface area contributed by atoms with Crippen molar-refractivity contribution in [2.45, 2.75) is 13.8 Å². The van der Waals surface area contributed by atoms with Gasteiger partial charge >= 0.3 is 5.97 Å². The summed E-state index contributed by atoms with van der Waals surface area (Å²) in [6, 6.07) is 13.1. The fraction of sp³-hybridized carbons (Fsp3) is 0.136. The van der Waals surface area contributed by atoms with Gasteiger partial charge in [0.15, 0.2) is 0 Å². The van der Waals surface area contributed by atoms with E-state index in [2.05, 4.69) is 31.5 Å². The number of amides is 2. The first-order chi connectivity index (χ1) is 16.5. The summed E-state index contributed by atoms with van der Waals surface area (Å²) in [5.74, 6) is -1.41. The maximum absolute atomic E-state index is 12.4. The molecule has 172 valence electrons. The molecule has 0 aliphatic carbocycles. The van der Waals surface area contributed by atoms with Crippen LogP contribution in [-0.4, -0.2) is 54.4 Å². The van der Waals surface area contributed by atoms with Gasteiger partial charge in [0.2, 0.25) is 0 Å². The van der Waals surface area contributed by atoms with E-state index in [1.807, 2.05) is 0 Å². The van der Waals surface area contributed by atoms with Crippen LogP contribution in [0.15, 0.2) is 61.1 Å². The number of hydrazine groups is 1. The maximum atomic E-state index is 12.4. The maximum Gasteiger partial charge on any atom is 0.341 e. The number of hydrogen-bond donors (Lipinski definition) is 2. The van der Waals surface area contributed by atoms with Crippen molar-refractivity contribution in [3.8, 4) is 11.4 Å². The number of hydrogen-bond acceptors (Lipinski definition) is 8. The quantitative estimate of drug-likeness (QED) is 0.324. The van der Waals surface area contributed by atoms with E-state index in [0.717, 1.165) is 0 Å². The van der Waals surface area contributed by atoms with E-state index in [1.165, 1.54) is 17.2 Å². The molecule has 12 nitrogen and oxygen atoms in total. The van der Waals surface area contributed by atoms with E-state index in [9.17, 15) is 14.4 Å². The molecule has 2 N–H and O–H groups in total. The lowest BCUT2D eigenvalue weighted by molar-refractivity contribution is 0.0525. The molecular formula is C22H20N8O4. The zero-order valence-electron chi connectivity index (χ0n) is 18.3. The molecule has 0 atom stereocenters. The van der Waals surface area contributed by atoms with Gasteiger partial charge in [-0.15, -0.1) is 5.10 Å². The number of ether oxygens (including phenoxy) is 1. The third-order valence-electron chi connectivity index (χ3n) is 4.91. The monoisotopic (exact) mass is 460 g/mol. The molecule has 0 aliphatic rings. The Bertz CT molecular complexity index is 1310. The van der Waals surface area contributed by atoms with Crippen molar-refractivity contribution in [2.75, 3.05) is 6.61 Å². The van der Waals surface area contributed by atoms with E-state index in [4.69, 9.17) is 4.74 Å². The van der Waals surface area contributed by atoms with Crippen LogP contribution in [-0.2, 0) is 4.74 Å². The molecule has 0 bridgehead atoms. The van der Waals surface area contributed by atoms with Crippen molar-refractivity contribution in [1.82, 2.24) is 40.8 Å². The Morgan fingerprint density at radius 3 is 2.03 bits per heavy atom.